The summed E-state index contributed by atoms with van der Waals surface area (Å²) < 4.78 is 23.8. The molecule has 13 heteroatoms. The number of rotatable bonds is 9. The number of nitrogen functional groups attached to an aromatic ring is 1. The summed E-state index contributed by atoms with van der Waals surface area (Å²) in [7, 11) is 3.12. The first-order valence-corrected chi connectivity index (χ1v) is 11.7. The second kappa shape index (κ2) is 10.9. The number of pyridine rings is 2. The Morgan fingerprint density at radius 1 is 1.00 bits per heavy atom. The summed E-state index contributed by atoms with van der Waals surface area (Å²) in [5, 5.41) is 7.78. The molecule has 5 aromatic rings. The third-order valence-electron chi connectivity index (χ3n) is 5.58. The van der Waals surface area contributed by atoms with E-state index in [1.807, 2.05) is 0 Å². The molecule has 0 spiro atoms. The van der Waals surface area contributed by atoms with Gasteiger partial charge in [-0.1, -0.05) is 0 Å². The fourth-order valence-corrected chi connectivity index (χ4v) is 3.76. The van der Waals surface area contributed by atoms with Gasteiger partial charge in [-0.05, 0) is 31.2 Å². The Morgan fingerprint density at radius 2 is 1.82 bits per heavy atom. The van der Waals surface area contributed by atoms with Crippen molar-refractivity contribution >= 4 is 28.4 Å². The maximum absolute atomic E-state index is 13.0. The van der Waals surface area contributed by atoms with Gasteiger partial charge in [0.05, 0.1) is 44.9 Å². The van der Waals surface area contributed by atoms with Crippen LogP contribution in [0.1, 0.15) is 17.4 Å². The van der Waals surface area contributed by atoms with Gasteiger partial charge in [0, 0.05) is 17.6 Å². The Bertz CT molecular complexity index is 1640. The minimum absolute atomic E-state index is 0.0508. The fraction of sp³-hybridized carbons (Fsp3) is 0.154. The van der Waals surface area contributed by atoms with Crippen molar-refractivity contribution in [2.45, 2.75) is 6.92 Å². The number of amides is 1. The number of hydrogen-bond acceptors (Lipinski definition) is 11. The molecule has 4 heterocycles. The Hall–Kier alpha value is -5.46. The van der Waals surface area contributed by atoms with E-state index >= 15 is 0 Å². The van der Waals surface area contributed by atoms with E-state index in [9.17, 15) is 4.79 Å². The molecule has 1 aromatic carbocycles. The first kappa shape index (κ1) is 25.2. The minimum Gasteiger partial charge on any atom is -0.493 e. The summed E-state index contributed by atoms with van der Waals surface area (Å²) in [5.41, 5.74) is 7.06. The van der Waals surface area contributed by atoms with Crippen molar-refractivity contribution in [3.8, 4) is 34.4 Å². The SMILES string of the molecule is CCOc1cn(-c2cncnc2N)nc1C(=O)Nc1ccc(Oc2ccnc3cc(OC)c(OC)cc23)cn1. The summed E-state index contributed by atoms with van der Waals surface area (Å²) >= 11 is 0. The van der Waals surface area contributed by atoms with Gasteiger partial charge in [0.25, 0.3) is 5.91 Å². The number of hydrogen-bond donors (Lipinski definition) is 2. The lowest BCUT2D eigenvalue weighted by atomic mass is 10.2. The summed E-state index contributed by atoms with van der Waals surface area (Å²) in [6.45, 7) is 2.14. The Labute approximate surface area is 222 Å². The van der Waals surface area contributed by atoms with E-state index in [0.29, 0.717) is 40.8 Å². The van der Waals surface area contributed by atoms with Crippen molar-refractivity contribution in [1.29, 1.82) is 0 Å². The smallest absolute Gasteiger partial charge is 0.281 e. The molecular formula is C26H24N8O5. The van der Waals surface area contributed by atoms with Crippen molar-refractivity contribution in [2.24, 2.45) is 0 Å². The van der Waals surface area contributed by atoms with E-state index in [2.05, 4.69) is 30.4 Å². The number of anilines is 2. The maximum Gasteiger partial charge on any atom is 0.281 e. The highest BCUT2D eigenvalue weighted by Crippen LogP contribution is 2.36. The van der Waals surface area contributed by atoms with Crippen LogP contribution < -0.4 is 30.0 Å². The second-order valence-corrected chi connectivity index (χ2v) is 7.98. The average molecular weight is 529 g/mol. The number of carbonyl (C=O) groups is 1. The van der Waals surface area contributed by atoms with Gasteiger partial charge in [-0.3, -0.25) is 9.78 Å². The standard InChI is InChI=1S/C26H24N8O5/c1-4-38-22-13-34(18-12-28-14-31-25(18)27)33-24(22)26(35)32-23-6-5-15(11-30-23)39-19-7-8-29-17-10-21(37-3)20(36-2)9-16(17)19/h5-14H,4H2,1-3H3,(H2,27,28,31)(H,30,32,35). The zero-order valence-electron chi connectivity index (χ0n) is 21.3. The van der Waals surface area contributed by atoms with Crippen LogP contribution in [-0.4, -0.2) is 56.5 Å². The molecule has 198 valence electrons. The number of methoxy groups -OCH3 is 2. The maximum atomic E-state index is 13.0. The second-order valence-electron chi connectivity index (χ2n) is 7.98. The predicted octanol–water partition coefficient (Wildman–Crippen LogP) is 3.65. The van der Waals surface area contributed by atoms with E-state index in [1.54, 1.807) is 63.9 Å². The number of nitrogens with one attached hydrogen (secondary N) is 1. The highest BCUT2D eigenvalue weighted by Gasteiger charge is 2.21. The Kier molecular flexibility index (Phi) is 7.03. The molecule has 0 atom stereocenters. The van der Waals surface area contributed by atoms with Gasteiger partial charge in [-0.2, -0.15) is 5.10 Å². The molecule has 0 aliphatic rings. The van der Waals surface area contributed by atoms with Gasteiger partial charge >= 0.3 is 0 Å². The Balaban J connectivity index is 1.35. The van der Waals surface area contributed by atoms with Crippen molar-refractivity contribution in [3.63, 3.8) is 0 Å². The van der Waals surface area contributed by atoms with Crippen LogP contribution in [-0.2, 0) is 0 Å². The largest absolute Gasteiger partial charge is 0.493 e. The molecular weight excluding hydrogens is 504 g/mol. The van der Waals surface area contributed by atoms with Gasteiger partial charge in [-0.15, -0.1) is 0 Å². The number of carbonyl (C=O) groups excluding carboxylic acids is 1. The summed E-state index contributed by atoms with van der Waals surface area (Å²) in [5.74, 6) is 2.37. The lowest BCUT2D eigenvalue weighted by molar-refractivity contribution is 0.101. The van der Waals surface area contributed by atoms with Gasteiger partial charge in [-0.25, -0.2) is 19.6 Å². The van der Waals surface area contributed by atoms with Crippen molar-refractivity contribution in [2.75, 3.05) is 31.9 Å². The number of ether oxygens (including phenoxy) is 4. The summed E-state index contributed by atoms with van der Waals surface area (Å²) in [6, 6.07) is 8.60. The van der Waals surface area contributed by atoms with Crippen LogP contribution in [0.5, 0.6) is 28.7 Å². The highest BCUT2D eigenvalue weighted by molar-refractivity contribution is 6.04. The molecule has 0 fully saturated rings. The zero-order valence-corrected chi connectivity index (χ0v) is 21.3. The number of nitrogens with two attached hydrogens (primary N) is 1. The third-order valence-corrected chi connectivity index (χ3v) is 5.58. The first-order chi connectivity index (χ1) is 19.0. The first-order valence-electron chi connectivity index (χ1n) is 11.7. The topological polar surface area (TPSA) is 161 Å². The molecule has 0 saturated carbocycles. The van der Waals surface area contributed by atoms with E-state index in [0.717, 1.165) is 5.39 Å². The normalized spacial score (nSPS) is 10.7. The molecule has 0 saturated heterocycles. The molecule has 0 bridgehead atoms. The van der Waals surface area contributed by atoms with Gasteiger partial charge in [0.1, 0.15) is 29.3 Å². The van der Waals surface area contributed by atoms with E-state index in [1.165, 1.54) is 23.4 Å². The number of nitrogens with zero attached hydrogens (tertiary/aromatic N) is 6. The van der Waals surface area contributed by atoms with E-state index in [4.69, 9.17) is 24.7 Å². The molecule has 1 amide bonds. The van der Waals surface area contributed by atoms with Crippen LogP contribution in [0.3, 0.4) is 0 Å². The molecule has 13 nitrogen and oxygen atoms in total. The molecule has 0 radical (unpaired) electrons. The van der Waals surface area contributed by atoms with E-state index in [-0.39, 0.29) is 23.1 Å². The molecule has 5 rings (SSSR count). The van der Waals surface area contributed by atoms with Gasteiger partial charge in [0.2, 0.25) is 0 Å². The lowest BCUT2D eigenvalue weighted by Crippen LogP contribution is -2.15. The monoisotopic (exact) mass is 528 g/mol. The fourth-order valence-electron chi connectivity index (χ4n) is 3.76. The van der Waals surface area contributed by atoms with E-state index < -0.39 is 5.91 Å². The zero-order chi connectivity index (χ0) is 27.4. The molecule has 0 aliphatic heterocycles. The third kappa shape index (κ3) is 5.18. The summed E-state index contributed by atoms with van der Waals surface area (Å²) in [6.07, 6.45) is 7.49. The summed E-state index contributed by atoms with van der Waals surface area (Å²) in [4.78, 5) is 29.6. The highest BCUT2D eigenvalue weighted by atomic mass is 16.5. The van der Waals surface area contributed by atoms with Gasteiger partial charge < -0.3 is 30.0 Å². The van der Waals surface area contributed by atoms with Crippen LogP contribution in [0.2, 0.25) is 0 Å². The molecule has 0 unspecified atom stereocenters. The quantitative estimate of drug-likeness (QED) is 0.287. The van der Waals surface area contributed by atoms with Crippen molar-refractivity contribution in [3.05, 3.63) is 67.1 Å². The van der Waals surface area contributed by atoms with Crippen LogP contribution in [0.25, 0.3) is 16.6 Å². The van der Waals surface area contributed by atoms with Crippen LogP contribution >= 0.6 is 0 Å². The van der Waals surface area contributed by atoms with Crippen molar-refractivity contribution < 1.29 is 23.7 Å². The van der Waals surface area contributed by atoms with Gasteiger partial charge in [0.15, 0.2) is 28.8 Å². The molecule has 4 aromatic heterocycles. The number of aromatic nitrogens is 6. The number of benzene rings is 1. The van der Waals surface area contributed by atoms with Crippen LogP contribution in [0.15, 0.2) is 61.4 Å². The average Bonchev–Trinajstić information content (AvgIpc) is 3.37. The molecule has 39 heavy (non-hydrogen) atoms. The molecule has 3 N–H and O–H groups in total. The molecule has 0 aliphatic carbocycles. The van der Waals surface area contributed by atoms with Crippen LogP contribution in [0.4, 0.5) is 11.6 Å². The van der Waals surface area contributed by atoms with Crippen molar-refractivity contribution in [1.82, 2.24) is 29.7 Å². The van der Waals surface area contributed by atoms with Crippen LogP contribution in [0, 0.1) is 0 Å². The number of fused-ring (bicyclic) bond motifs is 1. The minimum atomic E-state index is -0.519. The lowest BCUT2D eigenvalue weighted by Gasteiger charge is -2.12. The predicted molar refractivity (Wildman–Crippen MR) is 142 cm³/mol. The Morgan fingerprint density at radius 3 is 2.54 bits per heavy atom.